The molecule has 1 fully saturated rings. The van der Waals surface area contributed by atoms with Crippen molar-refractivity contribution in [2.45, 2.75) is 25.5 Å². The van der Waals surface area contributed by atoms with Crippen LogP contribution in [0.3, 0.4) is 0 Å². The summed E-state index contributed by atoms with van der Waals surface area (Å²) in [7, 11) is 0. The number of rotatable bonds is 6. The van der Waals surface area contributed by atoms with Gasteiger partial charge in [-0.1, -0.05) is 27.7 Å². The number of thioether (sulfide) groups is 1. The molecule has 1 heterocycles. The fraction of sp³-hybridized carbons (Fsp3) is 0.273. The maximum absolute atomic E-state index is 12.8. The predicted molar refractivity (Wildman–Crippen MR) is 126 cm³/mol. The molecule has 31 heavy (non-hydrogen) atoms. The molecule has 0 aliphatic carbocycles. The van der Waals surface area contributed by atoms with Gasteiger partial charge in [-0.15, -0.1) is 0 Å². The Hall–Kier alpha value is -2.65. The Labute approximate surface area is 193 Å². The van der Waals surface area contributed by atoms with Crippen LogP contribution in [0.25, 0.3) is 0 Å². The van der Waals surface area contributed by atoms with Gasteiger partial charge in [0.25, 0.3) is 0 Å². The van der Waals surface area contributed by atoms with Crippen molar-refractivity contribution in [2.24, 2.45) is 4.99 Å². The highest BCUT2D eigenvalue weighted by atomic mass is 79.9. The van der Waals surface area contributed by atoms with Crippen LogP contribution < -0.4 is 5.32 Å². The van der Waals surface area contributed by atoms with Gasteiger partial charge >= 0.3 is 5.97 Å². The first-order valence-corrected chi connectivity index (χ1v) is 11.5. The molecule has 2 aromatic carbocycles. The lowest BCUT2D eigenvalue weighted by molar-refractivity contribution is -0.129. The second-order valence-electron chi connectivity index (χ2n) is 6.61. The zero-order chi connectivity index (χ0) is 22.4. The molecule has 2 aromatic rings. The molecule has 0 spiro atoms. The molecule has 9 heteroatoms. The molecular weight excluding hydrogens is 482 g/mol. The number of amidine groups is 1. The number of amides is 2. The van der Waals surface area contributed by atoms with Gasteiger partial charge in [0.05, 0.1) is 17.9 Å². The molecule has 0 bridgehead atoms. The molecule has 3 rings (SSSR count). The summed E-state index contributed by atoms with van der Waals surface area (Å²) < 4.78 is 5.89. The number of ether oxygens (including phenoxy) is 1. The maximum atomic E-state index is 12.8. The first-order chi connectivity index (χ1) is 14.9. The highest BCUT2D eigenvalue weighted by molar-refractivity contribution is 9.10. The number of carbonyl (C=O) groups excluding carboxylic acids is 3. The average Bonchev–Trinajstić information content (AvgIpc) is 2.76. The number of aliphatic imine (C=N–C) groups is 1. The van der Waals surface area contributed by atoms with E-state index in [0.717, 1.165) is 4.47 Å². The second-order valence-corrected chi connectivity index (χ2v) is 8.69. The number of benzene rings is 2. The third kappa shape index (κ3) is 5.95. The maximum Gasteiger partial charge on any atom is 0.338 e. The molecule has 2 amide bonds. The first kappa shape index (κ1) is 23.0. The molecule has 1 aliphatic heterocycles. The molecule has 162 valence electrons. The van der Waals surface area contributed by atoms with Crippen molar-refractivity contribution in [3.8, 4) is 0 Å². The van der Waals surface area contributed by atoms with E-state index in [9.17, 15) is 14.4 Å². The Morgan fingerprint density at radius 1 is 1.16 bits per heavy atom. The standard InChI is InChI=1S/C22H22BrN3O4S/c1-3-26-19(27)13-18(20(28)24-16-11-7-15(23)8-12-16)31-22(26)25-17-9-5-14(6-10-17)21(29)30-4-2/h5-12,18H,3-4,13H2,1-2H3,(H,24,28). The minimum absolute atomic E-state index is 0.0989. The zero-order valence-corrected chi connectivity index (χ0v) is 19.5. The summed E-state index contributed by atoms with van der Waals surface area (Å²) >= 11 is 4.62. The third-order valence-corrected chi connectivity index (χ3v) is 6.18. The van der Waals surface area contributed by atoms with Crippen LogP contribution in [-0.2, 0) is 14.3 Å². The molecule has 1 aliphatic rings. The molecule has 0 saturated carbocycles. The Balaban J connectivity index is 1.77. The smallest absolute Gasteiger partial charge is 0.338 e. The lowest BCUT2D eigenvalue weighted by Gasteiger charge is -2.30. The van der Waals surface area contributed by atoms with Crippen molar-refractivity contribution in [3.63, 3.8) is 0 Å². The van der Waals surface area contributed by atoms with Crippen LogP contribution in [0.4, 0.5) is 11.4 Å². The van der Waals surface area contributed by atoms with E-state index >= 15 is 0 Å². The van der Waals surface area contributed by atoms with Gasteiger partial charge in [0.15, 0.2) is 5.17 Å². The molecule has 1 N–H and O–H groups in total. The van der Waals surface area contributed by atoms with Crippen molar-refractivity contribution >= 4 is 62.0 Å². The van der Waals surface area contributed by atoms with Crippen LogP contribution in [0.1, 0.15) is 30.6 Å². The minimum atomic E-state index is -0.587. The molecule has 0 radical (unpaired) electrons. The van der Waals surface area contributed by atoms with E-state index in [2.05, 4.69) is 26.2 Å². The molecular formula is C22H22BrN3O4S. The predicted octanol–water partition coefficient (Wildman–Crippen LogP) is 4.61. The minimum Gasteiger partial charge on any atom is -0.462 e. The summed E-state index contributed by atoms with van der Waals surface area (Å²) in [5.41, 5.74) is 1.67. The van der Waals surface area contributed by atoms with Crippen LogP contribution in [0.15, 0.2) is 58.0 Å². The van der Waals surface area contributed by atoms with Gasteiger partial charge in [0.2, 0.25) is 11.8 Å². The number of esters is 1. The van der Waals surface area contributed by atoms with E-state index in [1.165, 1.54) is 11.8 Å². The Morgan fingerprint density at radius 2 is 1.84 bits per heavy atom. The van der Waals surface area contributed by atoms with Gasteiger partial charge in [0.1, 0.15) is 5.25 Å². The van der Waals surface area contributed by atoms with Gasteiger partial charge in [-0.3, -0.25) is 14.5 Å². The van der Waals surface area contributed by atoms with Crippen molar-refractivity contribution in [3.05, 3.63) is 58.6 Å². The van der Waals surface area contributed by atoms with E-state index < -0.39 is 11.2 Å². The van der Waals surface area contributed by atoms with Gasteiger partial charge in [-0.05, 0) is 62.4 Å². The van der Waals surface area contributed by atoms with Gasteiger partial charge in [0, 0.05) is 23.1 Å². The Morgan fingerprint density at radius 3 is 2.45 bits per heavy atom. The molecule has 1 atom stereocenters. The number of nitrogens with one attached hydrogen (secondary N) is 1. The van der Waals surface area contributed by atoms with Crippen molar-refractivity contribution in [1.82, 2.24) is 4.90 Å². The lowest BCUT2D eigenvalue weighted by Crippen LogP contribution is -2.45. The molecule has 1 unspecified atom stereocenters. The quantitative estimate of drug-likeness (QED) is 0.581. The van der Waals surface area contributed by atoms with E-state index in [1.54, 1.807) is 48.2 Å². The monoisotopic (exact) mass is 503 g/mol. The number of hydrogen-bond acceptors (Lipinski definition) is 6. The highest BCUT2D eigenvalue weighted by Crippen LogP contribution is 2.30. The van der Waals surface area contributed by atoms with Crippen molar-refractivity contribution in [1.29, 1.82) is 0 Å². The summed E-state index contributed by atoms with van der Waals surface area (Å²) in [5.74, 6) is -0.801. The van der Waals surface area contributed by atoms with Crippen molar-refractivity contribution in [2.75, 3.05) is 18.5 Å². The first-order valence-electron chi connectivity index (χ1n) is 9.80. The van der Waals surface area contributed by atoms with E-state index in [1.807, 2.05) is 19.1 Å². The summed E-state index contributed by atoms with van der Waals surface area (Å²) in [6, 6.07) is 13.9. The number of halogens is 1. The van der Waals surface area contributed by atoms with Crippen LogP contribution in [0, 0.1) is 0 Å². The largest absolute Gasteiger partial charge is 0.462 e. The lowest BCUT2D eigenvalue weighted by atomic mass is 10.2. The van der Waals surface area contributed by atoms with Crippen LogP contribution >= 0.6 is 27.7 Å². The average molecular weight is 504 g/mol. The third-order valence-electron chi connectivity index (χ3n) is 4.46. The van der Waals surface area contributed by atoms with E-state index in [0.29, 0.717) is 35.3 Å². The molecule has 0 aromatic heterocycles. The summed E-state index contributed by atoms with van der Waals surface area (Å²) in [6.07, 6.45) is 0.0989. The topological polar surface area (TPSA) is 88.1 Å². The number of carbonyl (C=O) groups is 3. The van der Waals surface area contributed by atoms with Crippen molar-refractivity contribution < 1.29 is 19.1 Å². The number of anilines is 1. The number of hydrogen-bond donors (Lipinski definition) is 1. The van der Waals surface area contributed by atoms with Gasteiger partial charge in [-0.2, -0.15) is 0 Å². The Bertz CT molecular complexity index is 993. The zero-order valence-electron chi connectivity index (χ0n) is 17.1. The fourth-order valence-electron chi connectivity index (χ4n) is 2.91. The van der Waals surface area contributed by atoms with E-state index in [-0.39, 0.29) is 18.2 Å². The highest BCUT2D eigenvalue weighted by Gasteiger charge is 2.35. The molecule has 1 saturated heterocycles. The van der Waals surface area contributed by atoms with Gasteiger partial charge in [-0.25, -0.2) is 9.79 Å². The normalized spacial score (nSPS) is 17.5. The van der Waals surface area contributed by atoms with Crippen LogP contribution in [0.2, 0.25) is 0 Å². The van der Waals surface area contributed by atoms with Gasteiger partial charge < -0.3 is 10.1 Å². The Kier molecular flexibility index (Phi) is 7.86. The SMILES string of the molecule is CCOC(=O)c1ccc(N=C2SC(C(=O)Nc3ccc(Br)cc3)CC(=O)N2CC)cc1. The van der Waals surface area contributed by atoms with E-state index in [4.69, 9.17) is 4.74 Å². The second kappa shape index (κ2) is 10.6. The summed E-state index contributed by atoms with van der Waals surface area (Å²) in [4.78, 5) is 43.3. The summed E-state index contributed by atoms with van der Waals surface area (Å²) in [6.45, 7) is 4.36. The fourth-order valence-corrected chi connectivity index (χ4v) is 4.33. The summed E-state index contributed by atoms with van der Waals surface area (Å²) in [5, 5.41) is 2.72. The van der Waals surface area contributed by atoms with Crippen LogP contribution in [-0.4, -0.2) is 46.3 Å². The van der Waals surface area contributed by atoms with Crippen LogP contribution in [0.5, 0.6) is 0 Å². The number of nitrogens with zero attached hydrogens (tertiary/aromatic N) is 2. The molecule has 7 nitrogen and oxygen atoms in total.